The van der Waals surface area contributed by atoms with Gasteiger partial charge in [-0.2, -0.15) is 0 Å². The Hall–Kier alpha value is -1.22. The number of nitrogens with zero attached hydrogens (tertiary/aromatic N) is 1. The van der Waals surface area contributed by atoms with E-state index < -0.39 is 23.9 Å². The lowest BCUT2D eigenvalue weighted by Gasteiger charge is -2.20. The van der Waals surface area contributed by atoms with Crippen molar-refractivity contribution >= 4 is 17.4 Å². The Morgan fingerprint density at radius 1 is 1.48 bits per heavy atom. The van der Waals surface area contributed by atoms with Crippen molar-refractivity contribution in [2.45, 2.75) is 51.6 Å². The van der Waals surface area contributed by atoms with Gasteiger partial charge in [-0.3, -0.25) is 0 Å². The van der Waals surface area contributed by atoms with Gasteiger partial charge in [-0.25, -0.2) is 9.78 Å². The molecule has 8 heteroatoms. The number of ether oxygens (including phenoxy) is 1. The molecular weight excluding hydrogens is 296 g/mol. The van der Waals surface area contributed by atoms with E-state index in [1.165, 1.54) is 11.3 Å². The lowest BCUT2D eigenvalue weighted by molar-refractivity contribution is 0.0120. The number of rotatable bonds is 6. The molecule has 21 heavy (non-hydrogen) atoms. The number of aliphatic hydroxyl groups excluding tert-OH is 3. The van der Waals surface area contributed by atoms with Crippen LogP contribution in [0.25, 0.3) is 0 Å². The fraction of sp³-hybridized carbons (Fsp3) is 0.692. The monoisotopic (exact) mass is 318 g/mol. The molecule has 0 radical (unpaired) electrons. The summed E-state index contributed by atoms with van der Waals surface area (Å²) in [5.41, 5.74) is -0.128. The number of aliphatic hydroxyl groups is 3. The molecule has 120 valence electrons. The highest BCUT2D eigenvalue weighted by atomic mass is 32.1. The molecule has 2 unspecified atom stereocenters. The lowest BCUT2D eigenvalue weighted by Crippen LogP contribution is -2.34. The van der Waals surface area contributed by atoms with Crippen LogP contribution in [0.15, 0.2) is 5.38 Å². The third-order valence-electron chi connectivity index (χ3n) is 2.46. The summed E-state index contributed by atoms with van der Waals surface area (Å²) in [4.78, 5) is 15.4. The van der Waals surface area contributed by atoms with Crippen LogP contribution in [0.5, 0.6) is 0 Å². The van der Waals surface area contributed by atoms with Crippen LogP contribution in [0.4, 0.5) is 4.79 Å². The van der Waals surface area contributed by atoms with Gasteiger partial charge >= 0.3 is 6.09 Å². The summed E-state index contributed by atoms with van der Waals surface area (Å²) < 4.78 is 5.05. The molecule has 1 heterocycles. The molecule has 1 amide bonds. The maximum absolute atomic E-state index is 11.4. The minimum absolute atomic E-state index is 0.161. The first-order valence-corrected chi connectivity index (χ1v) is 7.49. The standard InChI is InChI=1S/C13H22N2O5S/c1-13(2,3)20-12(19)14-5-4-9(17)10(18)11-15-8(6-16)7-21-11/h7,9-10,16-18H,4-6H2,1-3H3,(H,14,19). The fourth-order valence-electron chi connectivity index (χ4n) is 1.49. The van der Waals surface area contributed by atoms with Crippen LogP contribution in [-0.4, -0.2) is 44.6 Å². The van der Waals surface area contributed by atoms with E-state index in [0.29, 0.717) is 10.7 Å². The summed E-state index contributed by atoms with van der Waals surface area (Å²) in [6.45, 7) is 5.23. The molecule has 0 saturated carbocycles. The maximum Gasteiger partial charge on any atom is 0.407 e. The number of carbonyl (C=O) groups excluding carboxylic acids is 1. The Morgan fingerprint density at radius 2 is 2.14 bits per heavy atom. The largest absolute Gasteiger partial charge is 0.444 e. The number of alkyl carbamates (subject to hydrolysis) is 1. The zero-order valence-electron chi connectivity index (χ0n) is 12.4. The fourth-order valence-corrected chi connectivity index (χ4v) is 2.34. The third-order valence-corrected chi connectivity index (χ3v) is 3.42. The predicted octanol–water partition coefficient (Wildman–Crippen LogP) is 0.944. The Kier molecular flexibility index (Phi) is 6.53. The number of thiazole rings is 1. The molecule has 0 aliphatic carbocycles. The number of carbonyl (C=O) groups is 1. The zero-order chi connectivity index (χ0) is 16.0. The topological polar surface area (TPSA) is 112 Å². The first-order chi connectivity index (χ1) is 9.73. The first-order valence-electron chi connectivity index (χ1n) is 6.61. The molecule has 0 fully saturated rings. The summed E-state index contributed by atoms with van der Waals surface area (Å²) in [7, 11) is 0. The summed E-state index contributed by atoms with van der Waals surface area (Å²) >= 11 is 1.17. The smallest absolute Gasteiger partial charge is 0.407 e. The summed E-state index contributed by atoms with van der Waals surface area (Å²) in [5.74, 6) is 0. The highest BCUT2D eigenvalue weighted by Gasteiger charge is 2.22. The van der Waals surface area contributed by atoms with E-state index in [0.717, 1.165) is 0 Å². The highest BCUT2D eigenvalue weighted by molar-refractivity contribution is 7.09. The molecule has 0 aromatic carbocycles. The number of nitrogens with one attached hydrogen (secondary N) is 1. The maximum atomic E-state index is 11.4. The van der Waals surface area contributed by atoms with Crippen molar-refractivity contribution in [1.29, 1.82) is 0 Å². The molecule has 7 nitrogen and oxygen atoms in total. The quantitative estimate of drug-likeness (QED) is 0.621. The molecular formula is C13H22N2O5S. The molecule has 0 aliphatic heterocycles. The second kappa shape index (κ2) is 7.69. The van der Waals surface area contributed by atoms with Crippen LogP contribution in [0.2, 0.25) is 0 Å². The van der Waals surface area contributed by atoms with E-state index >= 15 is 0 Å². The minimum atomic E-state index is -1.14. The van der Waals surface area contributed by atoms with E-state index in [1.807, 2.05) is 0 Å². The van der Waals surface area contributed by atoms with Crippen LogP contribution in [0.1, 0.15) is 44.0 Å². The van der Waals surface area contributed by atoms with Gasteiger partial charge in [-0.15, -0.1) is 11.3 Å². The molecule has 1 rings (SSSR count). The molecule has 2 atom stereocenters. The van der Waals surface area contributed by atoms with Crippen molar-refractivity contribution < 1.29 is 24.9 Å². The van der Waals surface area contributed by atoms with Crippen molar-refractivity contribution in [3.63, 3.8) is 0 Å². The number of hydrogen-bond donors (Lipinski definition) is 4. The van der Waals surface area contributed by atoms with Gasteiger partial charge in [0.2, 0.25) is 0 Å². The molecule has 4 N–H and O–H groups in total. The Balaban J connectivity index is 2.36. The molecule has 0 spiro atoms. The van der Waals surface area contributed by atoms with Crippen LogP contribution < -0.4 is 5.32 Å². The minimum Gasteiger partial charge on any atom is -0.444 e. The summed E-state index contributed by atoms with van der Waals surface area (Å²) in [5, 5.41) is 33.1. The molecule has 0 aliphatic rings. The SMILES string of the molecule is CC(C)(C)OC(=O)NCCC(O)C(O)c1nc(CO)cs1. The van der Waals surface area contributed by atoms with E-state index in [1.54, 1.807) is 26.2 Å². The van der Waals surface area contributed by atoms with E-state index in [9.17, 15) is 15.0 Å². The lowest BCUT2D eigenvalue weighted by atomic mass is 10.1. The Morgan fingerprint density at radius 3 is 2.67 bits per heavy atom. The molecule has 1 aromatic rings. The van der Waals surface area contributed by atoms with Gasteiger partial charge in [-0.1, -0.05) is 0 Å². The molecule has 1 aromatic heterocycles. The number of hydrogen-bond acceptors (Lipinski definition) is 7. The van der Waals surface area contributed by atoms with Gasteiger partial charge in [0.25, 0.3) is 0 Å². The number of aromatic nitrogens is 1. The van der Waals surface area contributed by atoms with Gasteiger partial charge < -0.3 is 25.4 Å². The van der Waals surface area contributed by atoms with Gasteiger partial charge in [-0.05, 0) is 27.2 Å². The van der Waals surface area contributed by atoms with E-state index in [-0.39, 0.29) is 19.6 Å². The Bertz CT molecular complexity index is 458. The van der Waals surface area contributed by atoms with Crippen LogP contribution >= 0.6 is 11.3 Å². The predicted molar refractivity (Wildman–Crippen MR) is 77.9 cm³/mol. The number of amides is 1. The van der Waals surface area contributed by atoms with Crippen molar-refractivity contribution in [3.05, 3.63) is 16.1 Å². The average Bonchev–Trinajstić information content (AvgIpc) is 2.84. The first kappa shape index (κ1) is 17.8. The second-order valence-corrected chi connectivity index (χ2v) is 6.45. The van der Waals surface area contributed by atoms with Crippen molar-refractivity contribution in [2.75, 3.05) is 6.54 Å². The van der Waals surface area contributed by atoms with E-state index in [2.05, 4.69) is 10.3 Å². The van der Waals surface area contributed by atoms with Crippen LogP contribution in [0, 0.1) is 0 Å². The average molecular weight is 318 g/mol. The van der Waals surface area contributed by atoms with Crippen LogP contribution in [-0.2, 0) is 11.3 Å². The second-order valence-electron chi connectivity index (χ2n) is 5.56. The van der Waals surface area contributed by atoms with Gasteiger partial charge in [0, 0.05) is 11.9 Å². The van der Waals surface area contributed by atoms with Crippen molar-refractivity contribution in [2.24, 2.45) is 0 Å². The molecule has 0 saturated heterocycles. The van der Waals surface area contributed by atoms with Crippen LogP contribution in [0.3, 0.4) is 0 Å². The molecule has 0 bridgehead atoms. The van der Waals surface area contributed by atoms with Gasteiger partial charge in [0.05, 0.1) is 18.4 Å². The van der Waals surface area contributed by atoms with Crippen molar-refractivity contribution in [3.8, 4) is 0 Å². The third kappa shape index (κ3) is 6.38. The summed E-state index contributed by atoms with van der Waals surface area (Å²) in [6.07, 6.45) is -2.61. The Labute approximate surface area is 127 Å². The normalized spacial score (nSPS) is 14.6. The van der Waals surface area contributed by atoms with Gasteiger partial charge in [0.1, 0.15) is 16.7 Å². The zero-order valence-corrected chi connectivity index (χ0v) is 13.2. The highest BCUT2D eigenvalue weighted by Crippen LogP contribution is 2.22. The van der Waals surface area contributed by atoms with Gasteiger partial charge in [0.15, 0.2) is 0 Å². The van der Waals surface area contributed by atoms with Crippen molar-refractivity contribution in [1.82, 2.24) is 10.3 Å². The summed E-state index contributed by atoms with van der Waals surface area (Å²) in [6, 6.07) is 0. The van der Waals surface area contributed by atoms with E-state index in [4.69, 9.17) is 9.84 Å².